The van der Waals surface area contributed by atoms with Crippen LogP contribution in [0.25, 0.3) is 0 Å². The number of aromatic nitrogens is 3. The van der Waals surface area contributed by atoms with Crippen molar-refractivity contribution >= 4 is 23.4 Å². The first-order valence-corrected chi connectivity index (χ1v) is 4.40. The molecule has 1 aromatic rings. The first-order chi connectivity index (χ1) is 5.18. The van der Waals surface area contributed by atoms with E-state index in [1.807, 2.05) is 6.92 Å². The molecular weight excluding hydrogens is 182 g/mol. The lowest BCUT2D eigenvalue weighted by Crippen LogP contribution is -1.79. The van der Waals surface area contributed by atoms with Crippen LogP contribution in [0.4, 0.5) is 0 Å². The van der Waals surface area contributed by atoms with Crippen molar-refractivity contribution in [3.63, 3.8) is 0 Å². The summed E-state index contributed by atoms with van der Waals surface area (Å²) in [6, 6.07) is 0. The summed E-state index contributed by atoms with van der Waals surface area (Å²) in [7, 11) is 0. The van der Waals surface area contributed by atoms with Gasteiger partial charge in [-0.1, -0.05) is 29.9 Å². The molecule has 0 aromatic carbocycles. The van der Waals surface area contributed by atoms with Crippen molar-refractivity contribution in [2.45, 2.75) is 12.1 Å². The highest BCUT2D eigenvalue weighted by atomic mass is 35.5. The number of aryl methyl sites for hydroxylation is 1. The van der Waals surface area contributed by atoms with Gasteiger partial charge in [0.25, 0.3) is 0 Å². The zero-order valence-electron chi connectivity index (χ0n) is 6.09. The standard InChI is InChI=1S/C6H8ClN3S/c1-4(7)3-11-6-8-5(2)9-10-6/h1,3H2,2H3,(H,8,9,10). The van der Waals surface area contributed by atoms with Crippen LogP contribution in [-0.2, 0) is 0 Å². The van der Waals surface area contributed by atoms with Crippen LogP contribution in [0.5, 0.6) is 0 Å². The third kappa shape index (κ3) is 2.95. The number of hydrogen-bond acceptors (Lipinski definition) is 3. The normalized spacial score (nSPS) is 10.0. The number of H-pyrrole nitrogens is 1. The number of rotatable bonds is 3. The summed E-state index contributed by atoms with van der Waals surface area (Å²) in [5.41, 5.74) is 0. The van der Waals surface area contributed by atoms with Gasteiger partial charge in [0, 0.05) is 10.8 Å². The van der Waals surface area contributed by atoms with E-state index in [0.717, 1.165) is 5.82 Å². The predicted octanol–water partition coefficient (Wildman–Crippen LogP) is 1.96. The SMILES string of the molecule is C=C(Cl)CSc1n[nH]c(C)n1. The Kier molecular flexibility index (Phi) is 2.96. The summed E-state index contributed by atoms with van der Waals surface area (Å²) in [5.74, 6) is 1.46. The molecule has 1 N–H and O–H groups in total. The molecule has 0 radical (unpaired) electrons. The maximum Gasteiger partial charge on any atom is 0.208 e. The van der Waals surface area contributed by atoms with E-state index in [1.165, 1.54) is 11.8 Å². The molecule has 0 aliphatic carbocycles. The van der Waals surface area contributed by atoms with E-state index in [0.29, 0.717) is 15.9 Å². The molecule has 0 aliphatic rings. The molecule has 1 heterocycles. The first kappa shape index (κ1) is 8.62. The second kappa shape index (κ2) is 3.78. The molecule has 0 aliphatic heterocycles. The Labute approximate surface area is 74.2 Å². The zero-order chi connectivity index (χ0) is 8.27. The van der Waals surface area contributed by atoms with Crippen LogP contribution >= 0.6 is 23.4 Å². The number of thioether (sulfide) groups is 1. The maximum atomic E-state index is 5.55. The lowest BCUT2D eigenvalue weighted by molar-refractivity contribution is 0.971. The Morgan fingerprint density at radius 3 is 3.00 bits per heavy atom. The molecule has 0 amide bonds. The van der Waals surface area contributed by atoms with Crippen molar-refractivity contribution in [1.82, 2.24) is 15.2 Å². The van der Waals surface area contributed by atoms with Crippen molar-refractivity contribution in [2.24, 2.45) is 0 Å². The van der Waals surface area contributed by atoms with E-state index in [9.17, 15) is 0 Å². The average molecular weight is 190 g/mol. The number of nitrogens with one attached hydrogen (secondary N) is 1. The summed E-state index contributed by atoms with van der Waals surface area (Å²) >= 11 is 7.02. The fourth-order valence-electron chi connectivity index (χ4n) is 0.530. The van der Waals surface area contributed by atoms with Crippen LogP contribution in [0, 0.1) is 6.92 Å². The van der Waals surface area contributed by atoms with E-state index < -0.39 is 0 Å². The topological polar surface area (TPSA) is 41.6 Å². The lowest BCUT2D eigenvalue weighted by atomic mass is 10.7. The van der Waals surface area contributed by atoms with Crippen LogP contribution in [0.3, 0.4) is 0 Å². The minimum absolute atomic E-state index is 0.609. The van der Waals surface area contributed by atoms with Crippen LogP contribution in [0.15, 0.2) is 16.8 Å². The average Bonchev–Trinajstić information content (AvgIpc) is 2.31. The molecule has 60 valence electrons. The van der Waals surface area contributed by atoms with Gasteiger partial charge in [0.15, 0.2) is 0 Å². The molecule has 1 aromatic heterocycles. The molecule has 0 spiro atoms. The molecule has 0 unspecified atom stereocenters. The highest BCUT2D eigenvalue weighted by molar-refractivity contribution is 7.99. The van der Waals surface area contributed by atoms with Gasteiger partial charge in [0.05, 0.1) is 0 Å². The highest BCUT2D eigenvalue weighted by Crippen LogP contribution is 2.16. The van der Waals surface area contributed by atoms with Gasteiger partial charge in [-0.15, -0.1) is 5.10 Å². The van der Waals surface area contributed by atoms with Gasteiger partial charge < -0.3 is 0 Å². The van der Waals surface area contributed by atoms with Crippen molar-refractivity contribution in [1.29, 1.82) is 0 Å². The molecule has 1 rings (SSSR count). The number of halogens is 1. The zero-order valence-corrected chi connectivity index (χ0v) is 7.67. The van der Waals surface area contributed by atoms with Gasteiger partial charge in [-0.2, -0.15) is 0 Å². The Morgan fingerprint density at radius 2 is 2.55 bits per heavy atom. The molecule has 0 atom stereocenters. The monoisotopic (exact) mass is 189 g/mol. The van der Waals surface area contributed by atoms with E-state index in [1.54, 1.807) is 0 Å². The van der Waals surface area contributed by atoms with Gasteiger partial charge in [0.1, 0.15) is 5.82 Å². The Morgan fingerprint density at radius 1 is 1.82 bits per heavy atom. The van der Waals surface area contributed by atoms with Crippen LogP contribution in [0.1, 0.15) is 5.82 Å². The summed E-state index contributed by atoms with van der Waals surface area (Å²) < 4.78 is 0. The molecular formula is C6H8ClN3S. The summed E-state index contributed by atoms with van der Waals surface area (Å²) in [6.45, 7) is 5.41. The smallest absolute Gasteiger partial charge is 0.208 e. The quantitative estimate of drug-likeness (QED) is 0.740. The van der Waals surface area contributed by atoms with Gasteiger partial charge in [0.2, 0.25) is 5.16 Å². The fourth-order valence-corrected chi connectivity index (χ4v) is 1.29. The van der Waals surface area contributed by atoms with Crippen LogP contribution < -0.4 is 0 Å². The molecule has 5 heteroatoms. The van der Waals surface area contributed by atoms with Crippen molar-refractivity contribution < 1.29 is 0 Å². The molecule has 11 heavy (non-hydrogen) atoms. The van der Waals surface area contributed by atoms with E-state index in [4.69, 9.17) is 11.6 Å². The fraction of sp³-hybridized carbons (Fsp3) is 0.333. The van der Waals surface area contributed by atoms with Gasteiger partial charge in [-0.05, 0) is 6.92 Å². The first-order valence-electron chi connectivity index (χ1n) is 3.03. The second-order valence-electron chi connectivity index (χ2n) is 2.01. The van der Waals surface area contributed by atoms with Crippen molar-refractivity contribution in [3.05, 3.63) is 17.4 Å². The Bertz CT molecular complexity index is 258. The maximum absolute atomic E-state index is 5.55. The van der Waals surface area contributed by atoms with Gasteiger partial charge >= 0.3 is 0 Å². The summed E-state index contributed by atoms with van der Waals surface area (Å²) in [5, 5.41) is 7.97. The van der Waals surface area contributed by atoms with E-state index in [2.05, 4.69) is 21.8 Å². The van der Waals surface area contributed by atoms with Gasteiger partial charge in [-0.25, -0.2) is 4.98 Å². The van der Waals surface area contributed by atoms with Crippen molar-refractivity contribution in [2.75, 3.05) is 5.75 Å². The van der Waals surface area contributed by atoms with Crippen molar-refractivity contribution in [3.8, 4) is 0 Å². The van der Waals surface area contributed by atoms with Crippen LogP contribution in [-0.4, -0.2) is 20.9 Å². The Balaban J connectivity index is 2.45. The molecule has 0 saturated heterocycles. The van der Waals surface area contributed by atoms with Crippen LogP contribution in [0.2, 0.25) is 0 Å². The minimum atomic E-state index is 0.609. The number of aromatic amines is 1. The third-order valence-corrected chi connectivity index (χ3v) is 2.16. The molecule has 0 bridgehead atoms. The van der Waals surface area contributed by atoms with E-state index in [-0.39, 0.29) is 0 Å². The third-order valence-electron chi connectivity index (χ3n) is 0.935. The number of hydrogen-bond donors (Lipinski definition) is 1. The Hall–Kier alpha value is -0.480. The van der Waals surface area contributed by atoms with Gasteiger partial charge in [-0.3, -0.25) is 5.10 Å². The number of nitrogens with zero attached hydrogens (tertiary/aromatic N) is 2. The highest BCUT2D eigenvalue weighted by Gasteiger charge is 1.99. The van der Waals surface area contributed by atoms with E-state index >= 15 is 0 Å². The molecule has 0 saturated carbocycles. The summed E-state index contributed by atoms with van der Waals surface area (Å²) in [4.78, 5) is 4.08. The lowest BCUT2D eigenvalue weighted by Gasteiger charge is -1.90. The second-order valence-corrected chi connectivity index (χ2v) is 3.49. The molecule has 3 nitrogen and oxygen atoms in total. The summed E-state index contributed by atoms with van der Waals surface area (Å²) in [6.07, 6.45) is 0. The predicted molar refractivity (Wildman–Crippen MR) is 46.8 cm³/mol. The molecule has 0 fully saturated rings. The minimum Gasteiger partial charge on any atom is -0.262 e. The largest absolute Gasteiger partial charge is 0.262 e.